The average Bonchev–Trinajstić information content (AvgIpc) is 2.92. The highest BCUT2D eigenvalue weighted by atomic mass is 19.1. The van der Waals surface area contributed by atoms with Crippen molar-refractivity contribution in [3.8, 4) is 11.3 Å². The summed E-state index contributed by atoms with van der Waals surface area (Å²) in [5.41, 5.74) is 14.9. The van der Waals surface area contributed by atoms with E-state index in [0.29, 0.717) is 22.7 Å². The van der Waals surface area contributed by atoms with E-state index in [4.69, 9.17) is 5.73 Å². The molecular weight excluding hydrogens is 489 g/mol. The van der Waals surface area contributed by atoms with Crippen LogP contribution in [0.4, 0.5) is 10.1 Å². The van der Waals surface area contributed by atoms with E-state index in [1.165, 1.54) is 16.5 Å². The van der Waals surface area contributed by atoms with Crippen LogP contribution in [-0.2, 0) is 6.42 Å². The molecule has 0 spiro atoms. The molecule has 2 atom stereocenters. The maximum absolute atomic E-state index is 15.2. The third kappa shape index (κ3) is 5.23. The number of benzene rings is 1. The van der Waals surface area contributed by atoms with Crippen LogP contribution in [0.3, 0.4) is 0 Å². The molecule has 0 saturated heterocycles. The number of nitrogens with two attached hydrogens (primary N) is 1. The number of pyridine rings is 2. The van der Waals surface area contributed by atoms with Gasteiger partial charge in [-0.25, -0.2) is 4.39 Å². The molecule has 2 aromatic heterocycles. The molecule has 0 bridgehead atoms. The van der Waals surface area contributed by atoms with Gasteiger partial charge in [0.1, 0.15) is 5.82 Å². The molecule has 3 heterocycles. The minimum Gasteiger partial charge on any atom is -0.397 e. The topological polar surface area (TPSA) is 75.4 Å². The summed E-state index contributed by atoms with van der Waals surface area (Å²) >= 11 is 0. The van der Waals surface area contributed by atoms with Crippen LogP contribution in [-0.4, -0.2) is 58.9 Å². The van der Waals surface area contributed by atoms with Gasteiger partial charge >= 0.3 is 0 Å². The van der Waals surface area contributed by atoms with E-state index in [1.54, 1.807) is 26.4 Å². The van der Waals surface area contributed by atoms with E-state index >= 15 is 4.39 Å². The Kier molecular flexibility index (Phi) is 7.36. The molecule has 7 heteroatoms. The van der Waals surface area contributed by atoms with E-state index in [0.717, 1.165) is 59.6 Å². The Morgan fingerprint density at radius 2 is 2.00 bits per heavy atom. The number of halogens is 1. The summed E-state index contributed by atoms with van der Waals surface area (Å²) < 4.78 is 15.2. The lowest BCUT2D eigenvalue weighted by molar-refractivity contribution is 0.0827. The fourth-order valence-electron chi connectivity index (χ4n) is 5.88. The summed E-state index contributed by atoms with van der Waals surface area (Å²) in [6, 6.07) is 9.25. The SMILES string of the molecule is Cc1cc(C(=O)N(C)C)cc(F)c1C1=CCN(C(C)C2=Cc3c(-c4ccc(N)cn4)ccnc3CC2C)CC1. The first-order valence-electron chi connectivity index (χ1n) is 13.5. The van der Waals surface area contributed by atoms with Gasteiger partial charge in [-0.05, 0) is 79.6 Å². The fourth-order valence-corrected chi connectivity index (χ4v) is 5.88. The zero-order valence-corrected chi connectivity index (χ0v) is 23.3. The van der Waals surface area contributed by atoms with Crippen LogP contribution in [0.2, 0.25) is 0 Å². The summed E-state index contributed by atoms with van der Waals surface area (Å²) in [7, 11) is 3.35. The molecule has 2 unspecified atom stereocenters. The lowest BCUT2D eigenvalue weighted by Crippen LogP contribution is -2.39. The van der Waals surface area contributed by atoms with Gasteiger partial charge in [0.25, 0.3) is 5.91 Å². The number of nitrogen functional groups attached to an aromatic ring is 1. The molecule has 1 aliphatic heterocycles. The Morgan fingerprint density at radius 3 is 2.64 bits per heavy atom. The van der Waals surface area contributed by atoms with Crippen LogP contribution >= 0.6 is 0 Å². The zero-order chi connectivity index (χ0) is 27.8. The average molecular weight is 526 g/mol. The van der Waals surface area contributed by atoms with E-state index in [2.05, 4.69) is 40.9 Å². The number of nitrogens with zero attached hydrogens (tertiary/aromatic N) is 4. The van der Waals surface area contributed by atoms with Crippen molar-refractivity contribution in [2.45, 2.75) is 39.7 Å². The molecule has 2 aliphatic rings. The van der Waals surface area contributed by atoms with E-state index < -0.39 is 0 Å². The van der Waals surface area contributed by atoms with E-state index in [9.17, 15) is 4.79 Å². The van der Waals surface area contributed by atoms with Crippen molar-refractivity contribution in [1.82, 2.24) is 19.8 Å². The number of aryl methyl sites for hydroxylation is 1. The van der Waals surface area contributed by atoms with Gasteiger partial charge in [-0.3, -0.25) is 19.7 Å². The molecular formula is C32H36FN5O. The molecule has 39 heavy (non-hydrogen) atoms. The van der Waals surface area contributed by atoms with Gasteiger partial charge in [-0.15, -0.1) is 0 Å². The third-order valence-electron chi connectivity index (χ3n) is 8.05. The van der Waals surface area contributed by atoms with Gasteiger partial charge in [-0.2, -0.15) is 0 Å². The van der Waals surface area contributed by atoms with Crippen molar-refractivity contribution in [3.05, 3.63) is 88.1 Å². The lowest BCUT2D eigenvalue weighted by Gasteiger charge is -2.37. The molecule has 0 saturated carbocycles. The van der Waals surface area contributed by atoms with Crippen LogP contribution in [0.5, 0.6) is 0 Å². The number of hydrogen-bond donors (Lipinski definition) is 1. The van der Waals surface area contributed by atoms with Crippen molar-refractivity contribution < 1.29 is 9.18 Å². The number of carbonyl (C=O) groups is 1. The Balaban J connectivity index is 1.39. The predicted octanol–water partition coefficient (Wildman–Crippen LogP) is 5.63. The Labute approximate surface area is 230 Å². The lowest BCUT2D eigenvalue weighted by atomic mass is 9.81. The van der Waals surface area contributed by atoms with Crippen LogP contribution in [0.1, 0.15) is 53.0 Å². The molecule has 2 N–H and O–H groups in total. The number of carbonyl (C=O) groups excluding carboxylic acids is 1. The standard InChI is InChI=1S/C32H36FN5O/c1-19-15-30-27(25(8-11-35-30)29-7-6-24(34)18-36-29)17-26(19)21(3)38-12-9-22(10-13-38)31-20(2)14-23(16-28(31)33)32(39)37(4)5/h6-9,11,14,16-19,21H,10,12-13,15,34H2,1-5H3. The van der Waals surface area contributed by atoms with Crippen molar-refractivity contribution >= 4 is 23.2 Å². The van der Waals surface area contributed by atoms with Gasteiger partial charge < -0.3 is 10.6 Å². The van der Waals surface area contributed by atoms with E-state index in [-0.39, 0.29) is 17.8 Å². The number of fused-ring (bicyclic) bond motifs is 1. The Morgan fingerprint density at radius 1 is 1.21 bits per heavy atom. The normalized spacial score (nSPS) is 18.2. The first-order chi connectivity index (χ1) is 18.6. The molecule has 0 fully saturated rings. The van der Waals surface area contributed by atoms with Gasteiger partial charge in [-0.1, -0.05) is 19.1 Å². The highest BCUT2D eigenvalue weighted by Gasteiger charge is 2.29. The number of anilines is 1. The second-order valence-electron chi connectivity index (χ2n) is 10.9. The monoisotopic (exact) mass is 525 g/mol. The highest BCUT2D eigenvalue weighted by molar-refractivity contribution is 5.94. The second kappa shape index (κ2) is 10.7. The van der Waals surface area contributed by atoms with Gasteiger partial charge in [0.05, 0.1) is 17.6 Å². The number of rotatable bonds is 5. The zero-order valence-electron chi connectivity index (χ0n) is 23.3. The van der Waals surface area contributed by atoms with Crippen LogP contribution in [0.25, 0.3) is 22.9 Å². The first kappa shape index (κ1) is 26.8. The number of amides is 1. The maximum Gasteiger partial charge on any atom is 0.253 e. The molecule has 5 rings (SSSR count). The van der Waals surface area contributed by atoms with Crippen molar-refractivity contribution in [2.24, 2.45) is 5.92 Å². The van der Waals surface area contributed by atoms with Gasteiger partial charge in [0.2, 0.25) is 0 Å². The summed E-state index contributed by atoms with van der Waals surface area (Å²) in [5, 5.41) is 0. The molecule has 202 valence electrons. The molecule has 1 amide bonds. The summed E-state index contributed by atoms with van der Waals surface area (Å²) in [6.07, 6.45) is 9.64. The summed E-state index contributed by atoms with van der Waals surface area (Å²) in [4.78, 5) is 25.5. The van der Waals surface area contributed by atoms with Gasteiger partial charge in [0, 0.05) is 67.4 Å². The van der Waals surface area contributed by atoms with E-state index in [1.807, 2.05) is 31.3 Å². The molecule has 1 aromatic carbocycles. The Bertz CT molecular complexity index is 1450. The molecule has 3 aromatic rings. The number of hydrogen-bond acceptors (Lipinski definition) is 5. The number of aromatic nitrogens is 2. The van der Waals surface area contributed by atoms with Gasteiger partial charge in [0.15, 0.2) is 0 Å². The minimum atomic E-state index is -0.329. The first-order valence-corrected chi connectivity index (χ1v) is 13.5. The van der Waals surface area contributed by atoms with Crippen LogP contribution in [0, 0.1) is 18.7 Å². The van der Waals surface area contributed by atoms with Crippen molar-refractivity contribution in [3.63, 3.8) is 0 Å². The molecule has 6 nitrogen and oxygen atoms in total. The fraction of sp³-hybridized carbons (Fsp3) is 0.344. The second-order valence-corrected chi connectivity index (χ2v) is 10.9. The van der Waals surface area contributed by atoms with Crippen molar-refractivity contribution in [2.75, 3.05) is 32.9 Å². The molecule has 0 radical (unpaired) electrons. The summed E-state index contributed by atoms with van der Waals surface area (Å²) in [6.45, 7) is 7.98. The van der Waals surface area contributed by atoms with Crippen LogP contribution < -0.4 is 5.73 Å². The minimum absolute atomic E-state index is 0.192. The largest absolute Gasteiger partial charge is 0.397 e. The molecule has 1 aliphatic carbocycles. The quantitative estimate of drug-likeness (QED) is 0.467. The highest BCUT2D eigenvalue weighted by Crippen LogP contribution is 2.37. The third-order valence-corrected chi connectivity index (χ3v) is 8.05. The predicted molar refractivity (Wildman–Crippen MR) is 156 cm³/mol. The summed E-state index contributed by atoms with van der Waals surface area (Å²) in [5.74, 6) is -0.158. The Hall–Kier alpha value is -3.84. The van der Waals surface area contributed by atoms with Crippen molar-refractivity contribution in [1.29, 1.82) is 0 Å². The maximum atomic E-state index is 15.2. The van der Waals surface area contributed by atoms with Crippen LogP contribution in [0.15, 0.2) is 54.4 Å². The smallest absolute Gasteiger partial charge is 0.253 e.